The molecule has 0 spiro atoms. The molecule has 3 N–H and O–H groups in total. The summed E-state index contributed by atoms with van der Waals surface area (Å²) in [5.74, 6) is 0.543. The van der Waals surface area contributed by atoms with E-state index in [0.29, 0.717) is 34.9 Å². The summed E-state index contributed by atoms with van der Waals surface area (Å²) >= 11 is 0. The first kappa shape index (κ1) is 23.4. The molecule has 3 aromatic rings. The van der Waals surface area contributed by atoms with Crippen molar-refractivity contribution in [2.24, 2.45) is 5.41 Å². The van der Waals surface area contributed by atoms with E-state index >= 15 is 0 Å². The highest BCUT2D eigenvalue weighted by molar-refractivity contribution is 5.83. The highest BCUT2D eigenvalue weighted by atomic mass is 19.1. The fourth-order valence-electron chi connectivity index (χ4n) is 3.82. The van der Waals surface area contributed by atoms with Crippen LogP contribution in [0.1, 0.15) is 45.7 Å². The Labute approximate surface area is 202 Å². The van der Waals surface area contributed by atoms with Gasteiger partial charge in [0.25, 0.3) is 0 Å². The Morgan fingerprint density at radius 3 is 2.51 bits per heavy atom. The number of halogens is 1. The lowest BCUT2D eigenvalue weighted by atomic mass is 9.90. The van der Waals surface area contributed by atoms with Gasteiger partial charge in [0.15, 0.2) is 5.82 Å². The highest BCUT2D eigenvalue weighted by Gasteiger charge is 2.41. The lowest BCUT2D eigenvalue weighted by molar-refractivity contribution is -0.231. The zero-order valence-corrected chi connectivity index (χ0v) is 20.0. The van der Waals surface area contributed by atoms with Gasteiger partial charge < -0.3 is 25.1 Å². The van der Waals surface area contributed by atoms with Crippen molar-refractivity contribution in [3.63, 3.8) is 0 Å². The highest BCUT2D eigenvalue weighted by Crippen LogP contribution is 2.36. The van der Waals surface area contributed by atoms with Gasteiger partial charge in [-0.2, -0.15) is 0 Å². The molecular formula is C25H29FN6O3. The molecule has 184 valence electrons. The first-order valence-corrected chi connectivity index (χ1v) is 11.8. The standard InChI is InChI=1S/C25H29FN6O3/c1-14(2)28-23(33)25(3)12-34-22(35-13-25)21-31-19(15-4-6-16(26)7-5-15)20(32-21)18-10-11-27-24(30-18)29-17-8-9-17/h4-7,10-11,14,17,22H,8-9,12-13H2,1-3H3,(H,28,33)(H,31,32)(H,27,29,30). The minimum absolute atomic E-state index is 0.0232. The van der Waals surface area contributed by atoms with Gasteiger partial charge in [-0.25, -0.2) is 19.3 Å². The van der Waals surface area contributed by atoms with E-state index in [2.05, 4.69) is 25.6 Å². The minimum Gasteiger partial charge on any atom is -0.353 e. The molecule has 0 unspecified atom stereocenters. The van der Waals surface area contributed by atoms with Crippen molar-refractivity contribution in [1.29, 1.82) is 0 Å². The Morgan fingerprint density at radius 1 is 1.14 bits per heavy atom. The van der Waals surface area contributed by atoms with Gasteiger partial charge in [0.05, 0.1) is 35.7 Å². The van der Waals surface area contributed by atoms with Crippen molar-refractivity contribution >= 4 is 11.9 Å². The predicted molar refractivity (Wildman–Crippen MR) is 128 cm³/mol. The van der Waals surface area contributed by atoms with Crippen molar-refractivity contribution in [3.05, 3.63) is 48.2 Å². The third kappa shape index (κ3) is 5.18. The van der Waals surface area contributed by atoms with Crippen molar-refractivity contribution in [1.82, 2.24) is 25.3 Å². The number of aromatic nitrogens is 4. The maximum absolute atomic E-state index is 13.6. The fraction of sp³-hybridized carbons (Fsp3) is 0.440. The van der Waals surface area contributed by atoms with Gasteiger partial charge in [0, 0.05) is 23.8 Å². The molecule has 5 rings (SSSR count). The van der Waals surface area contributed by atoms with E-state index in [4.69, 9.17) is 14.5 Å². The second kappa shape index (κ2) is 9.35. The zero-order chi connectivity index (χ0) is 24.6. The average molecular weight is 481 g/mol. The van der Waals surface area contributed by atoms with Crippen LogP contribution in [0.2, 0.25) is 0 Å². The van der Waals surface area contributed by atoms with E-state index in [9.17, 15) is 9.18 Å². The maximum Gasteiger partial charge on any atom is 0.230 e. The molecule has 35 heavy (non-hydrogen) atoms. The van der Waals surface area contributed by atoms with Crippen LogP contribution in [0, 0.1) is 11.2 Å². The molecule has 2 aliphatic rings. The summed E-state index contributed by atoms with van der Waals surface area (Å²) in [6.45, 7) is 6.00. The molecule has 2 aromatic heterocycles. The number of hydrogen-bond acceptors (Lipinski definition) is 7. The molecular weight excluding hydrogens is 451 g/mol. The molecule has 1 aliphatic carbocycles. The van der Waals surface area contributed by atoms with Crippen molar-refractivity contribution in [3.8, 4) is 22.6 Å². The lowest BCUT2D eigenvalue weighted by Crippen LogP contribution is -2.50. The van der Waals surface area contributed by atoms with Gasteiger partial charge in [-0.15, -0.1) is 0 Å². The number of hydrogen-bond donors (Lipinski definition) is 3. The number of nitrogens with zero attached hydrogens (tertiary/aromatic N) is 3. The molecule has 10 heteroatoms. The van der Waals surface area contributed by atoms with Gasteiger partial charge in [0.2, 0.25) is 18.1 Å². The zero-order valence-electron chi connectivity index (χ0n) is 20.0. The van der Waals surface area contributed by atoms with E-state index in [0.717, 1.165) is 18.4 Å². The van der Waals surface area contributed by atoms with E-state index in [1.165, 1.54) is 12.1 Å². The molecule has 3 heterocycles. The Balaban J connectivity index is 1.44. The second-order valence-corrected chi connectivity index (χ2v) is 9.68. The molecule has 1 amide bonds. The normalized spacial score (nSPS) is 22.3. The van der Waals surface area contributed by atoms with Gasteiger partial charge in [-0.3, -0.25) is 4.79 Å². The van der Waals surface area contributed by atoms with E-state index in [-0.39, 0.29) is 31.0 Å². The van der Waals surface area contributed by atoms with Crippen molar-refractivity contribution in [2.75, 3.05) is 18.5 Å². The average Bonchev–Trinajstić information content (AvgIpc) is 3.54. The number of H-pyrrole nitrogens is 1. The van der Waals surface area contributed by atoms with Crippen LogP contribution in [0.25, 0.3) is 22.6 Å². The summed E-state index contributed by atoms with van der Waals surface area (Å²) in [6, 6.07) is 8.33. The molecule has 0 atom stereocenters. The topological polar surface area (TPSA) is 114 Å². The summed E-state index contributed by atoms with van der Waals surface area (Å²) in [5.41, 5.74) is 1.79. The molecule has 0 radical (unpaired) electrons. The number of carbonyl (C=O) groups is 1. The number of anilines is 1. The number of carbonyl (C=O) groups excluding carboxylic acids is 1. The Hall–Kier alpha value is -3.37. The number of amides is 1. The second-order valence-electron chi connectivity index (χ2n) is 9.68. The monoisotopic (exact) mass is 480 g/mol. The Morgan fingerprint density at radius 2 is 1.86 bits per heavy atom. The number of rotatable bonds is 7. The van der Waals surface area contributed by atoms with Gasteiger partial charge in [0.1, 0.15) is 5.82 Å². The quantitative estimate of drug-likeness (QED) is 0.471. The van der Waals surface area contributed by atoms with E-state index < -0.39 is 11.7 Å². The number of nitrogens with one attached hydrogen (secondary N) is 3. The molecule has 0 bridgehead atoms. The van der Waals surface area contributed by atoms with Crippen LogP contribution in [0.3, 0.4) is 0 Å². The molecule has 1 saturated heterocycles. The van der Waals surface area contributed by atoms with Crippen molar-refractivity contribution in [2.45, 2.75) is 52.0 Å². The van der Waals surface area contributed by atoms with Gasteiger partial charge >= 0.3 is 0 Å². The summed E-state index contributed by atoms with van der Waals surface area (Å²) in [7, 11) is 0. The minimum atomic E-state index is -0.800. The molecule has 1 aromatic carbocycles. The van der Waals surface area contributed by atoms with Crippen LogP contribution >= 0.6 is 0 Å². The van der Waals surface area contributed by atoms with Crippen LogP contribution < -0.4 is 10.6 Å². The van der Waals surface area contributed by atoms with Crippen molar-refractivity contribution < 1.29 is 18.7 Å². The van der Waals surface area contributed by atoms with Gasteiger partial charge in [-0.05, 0) is 63.9 Å². The van der Waals surface area contributed by atoms with Crippen LogP contribution in [-0.4, -0.2) is 51.1 Å². The first-order valence-electron chi connectivity index (χ1n) is 11.8. The van der Waals surface area contributed by atoms with E-state index in [1.54, 1.807) is 24.4 Å². The lowest BCUT2D eigenvalue weighted by Gasteiger charge is -2.35. The Bertz CT molecular complexity index is 1200. The SMILES string of the molecule is CC(C)NC(=O)C1(C)COC(c2nc(-c3ccc(F)cc3)c(-c3ccnc(NC4CC4)n3)[nH]2)OC1. The van der Waals surface area contributed by atoms with Gasteiger partial charge in [-0.1, -0.05) is 0 Å². The molecule has 9 nitrogen and oxygen atoms in total. The first-order chi connectivity index (χ1) is 16.8. The van der Waals surface area contributed by atoms with E-state index in [1.807, 2.05) is 20.8 Å². The third-order valence-electron chi connectivity index (χ3n) is 5.96. The van der Waals surface area contributed by atoms with Crippen LogP contribution in [0.15, 0.2) is 36.5 Å². The summed E-state index contributed by atoms with van der Waals surface area (Å²) < 4.78 is 25.5. The number of imidazole rings is 1. The molecule has 2 fully saturated rings. The number of benzene rings is 1. The Kier molecular flexibility index (Phi) is 6.24. The number of ether oxygens (including phenoxy) is 2. The third-order valence-corrected chi connectivity index (χ3v) is 5.96. The largest absolute Gasteiger partial charge is 0.353 e. The summed E-state index contributed by atoms with van der Waals surface area (Å²) in [5, 5.41) is 6.22. The molecule has 1 aliphatic heterocycles. The molecule has 1 saturated carbocycles. The maximum atomic E-state index is 13.6. The summed E-state index contributed by atoms with van der Waals surface area (Å²) in [4.78, 5) is 29.6. The smallest absolute Gasteiger partial charge is 0.230 e. The van der Waals surface area contributed by atoms with Crippen LogP contribution in [0.4, 0.5) is 10.3 Å². The van der Waals surface area contributed by atoms with Crippen LogP contribution in [-0.2, 0) is 14.3 Å². The van der Waals surface area contributed by atoms with Crippen LogP contribution in [0.5, 0.6) is 0 Å². The fourth-order valence-corrected chi connectivity index (χ4v) is 3.82. The number of aromatic amines is 1. The predicted octanol–water partition coefficient (Wildman–Crippen LogP) is 3.82. The summed E-state index contributed by atoms with van der Waals surface area (Å²) in [6.07, 6.45) is 3.11.